The molecule has 3 heterocycles. The number of likely N-dealkylation sites (tertiary alicyclic amines) is 1. The fourth-order valence-electron chi connectivity index (χ4n) is 5.22. The van der Waals surface area contributed by atoms with Crippen LogP contribution in [0.4, 0.5) is 0 Å². The summed E-state index contributed by atoms with van der Waals surface area (Å²) in [6.07, 6.45) is 4.65. The van der Waals surface area contributed by atoms with Gasteiger partial charge in [-0.15, -0.1) is 11.8 Å². The molecule has 0 aliphatic carbocycles. The summed E-state index contributed by atoms with van der Waals surface area (Å²) in [5.74, 6) is -1.13. The average Bonchev–Trinajstić information content (AvgIpc) is 3.30. The Balaban J connectivity index is 1.91. The molecule has 30 heavy (non-hydrogen) atoms. The minimum atomic E-state index is -0.570. The van der Waals surface area contributed by atoms with Gasteiger partial charge in [-0.05, 0) is 32.1 Å². The Morgan fingerprint density at radius 1 is 1.17 bits per heavy atom. The van der Waals surface area contributed by atoms with Gasteiger partial charge in [0.1, 0.15) is 6.04 Å². The highest BCUT2D eigenvalue weighted by Gasteiger charge is 2.75. The van der Waals surface area contributed by atoms with E-state index >= 15 is 0 Å². The molecule has 0 radical (unpaired) electrons. The minimum Gasteiger partial charge on any atom is -0.396 e. The van der Waals surface area contributed by atoms with Gasteiger partial charge in [-0.1, -0.05) is 36.2 Å². The summed E-state index contributed by atoms with van der Waals surface area (Å²) in [7, 11) is 0. The molecular formula is C21H34BrN3O4S. The topological polar surface area (TPSA) is 98.7 Å². The first-order chi connectivity index (χ1) is 14.4. The van der Waals surface area contributed by atoms with Gasteiger partial charge in [-0.3, -0.25) is 14.4 Å². The minimum absolute atomic E-state index is 0.00124. The number of fused-ring (bicyclic) bond motifs is 1. The van der Waals surface area contributed by atoms with Gasteiger partial charge in [0.05, 0.1) is 16.6 Å². The maximum Gasteiger partial charge on any atom is 0.244 e. The molecule has 1 spiro atoms. The number of hydrogen-bond acceptors (Lipinski definition) is 5. The SMILES string of the molecule is CCCCNC(=O)C1N(CCCCO)C(=O)[C@@H]2[C@H](C(=O)NCCC)[C@H]3SC12CC3Br. The summed E-state index contributed by atoms with van der Waals surface area (Å²) in [6, 6.07) is -0.565. The third kappa shape index (κ3) is 4.13. The normalized spacial score (nSPS) is 34.3. The average molecular weight is 504 g/mol. The molecule has 170 valence electrons. The summed E-state index contributed by atoms with van der Waals surface area (Å²) in [5, 5.41) is 15.2. The Kier molecular flexibility index (Phi) is 8.12. The van der Waals surface area contributed by atoms with E-state index in [1.165, 1.54) is 0 Å². The van der Waals surface area contributed by atoms with Gasteiger partial charge < -0.3 is 20.6 Å². The predicted molar refractivity (Wildman–Crippen MR) is 121 cm³/mol. The van der Waals surface area contributed by atoms with Crippen LogP contribution in [0.3, 0.4) is 0 Å². The molecule has 0 aromatic rings. The Morgan fingerprint density at radius 2 is 1.90 bits per heavy atom. The van der Waals surface area contributed by atoms with Crippen LogP contribution in [-0.4, -0.2) is 74.8 Å². The molecule has 3 N–H and O–H groups in total. The van der Waals surface area contributed by atoms with E-state index in [1.807, 2.05) is 6.92 Å². The molecule has 0 aromatic carbocycles. The molecule has 3 aliphatic rings. The van der Waals surface area contributed by atoms with E-state index in [4.69, 9.17) is 0 Å². The Hall–Kier alpha value is -0.800. The van der Waals surface area contributed by atoms with Crippen LogP contribution in [-0.2, 0) is 14.4 Å². The van der Waals surface area contributed by atoms with Gasteiger partial charge in [0.2, 0.25) is 17.7 Å². The zero-order valence-corrected chi connectivity index (χ0v) is 20.3. The number of halogens is 1. The van der Waals surface area contributed by atoms with E-state index in [-0.39, 0.29) is 34.4 Å². The Bertz CT molecular complexity index is 666. The number of aliphatic hydroxyl groups is 1. The molecule has 3 unspecified atom stereocenters. The zero-order chi connectivity index (χ0) is 21.9. The monoisotopic (exact) mass is 503 g/mol. The van der Waals surface area contributed by atoms with E-state index in [9.17, 15) is 19.5 Å². The van der Waals surface area contributed by atoms with E-state index in [0.29, 0.717) is 38.9 Å². The van der Waals surface area contributed by atoms with Crippen molar-refractivity contribution in [1.29, 1.82) is 0 Å². The Morgan fingerprint density at radius 3 is 2.57 bits per heavy atom. The summed E-state index contributed by atoms with van der Waals surface area (Å²) in [4.78, 5) is 41.7. The standard InChI is InChI=1S/C21H34BrN3O4S/c1-3-5-9-24-19(28)17-21-12-13(22)16(30-21)14(18(27)23-8-4-2)15(21)20(29)25(17)10-6-7-11-26/h13-17,26H,3-12H2,1-2H3,(H,23,27)(H,24,28)/t13?,14-,15-,16-,17?,21?/m0/s1. The van der Waals surface area contributed by atoms with Crippen molar-refractivity contribution >= 4 is 45.4 Å². The van der Waals surface area contributed by atoms with Crippen molar-refractivity contribution in [1.82, 2.24) is 15.5 Å². The maximum atomic E-state index is 13.6. The predicted octanol–water partition coefficient (Wildman–Crippen LogP) is 1.67. The van der Waals surface area contributed by atoms with Crippen molar-refractivity contribution in [3.8, 4) is 0 Å². The number of unbranched alkanes of at least 4 members (excludes halogenated alkanes) is 2. The lowest BCUT2D eigenvalue weighted by atomic mass is 9.70. The van der Waals surface area contributed by atoms with E-state index in [2.05, 4.69) is 33.5 Å². The highest BCUT2D eigenvalue weighted by atomic mass is 79.9. The first-order valence-corrected chi connectivity index (χ1v) is 13.0. The fourth-order valence-corrected chi connectivity index (χ4v) is 8.83. The summed E-state index contributed by atoms with van der Waals surface area (Å²) < 4.78 is -0.570. The number of rotatable bonds is 11. The van der Waals surface area contributed by atoms with Gasteiger partial charge in [-0.2, -0.15) is 0 Å². The number of nitrogens with zero attached hydrogens (tertiary/aromatic N) is 1. The second kappa shape index (κ2) is 10.2. The number of alkyl halides is 1. The molecule has 9 heteroatoms. The summed E-state index contributed by atoms with van der Waals surface area (Å²) in [6.45, 7) is 5.76. The quantitative estimate of drug-likeness (QED) is 0.294. The van der Waals surface area contributed by atoms with Gasteiger partial charge in [0.15, 0.2) is 0 Å². The van der Waals surface area contributed by atoms with Crippen molar-refractivity contribution in [3.63, 3.8) is 0 Å². The van der Waals surface area contributed by atoms with Crippen LogP contribution in [0.2, 0.25) is 0 Å². The largest absolute Gasteiger partial charge is 0.396 e. The number of carbonyl (C=O) groups excluding carboxylic acids is 3. The van der Waals surface area contributed by atoms with Crippen LogP contribution in [0, 0.1) is 11.8 Å². The van der Waals surface area contributed by atoms with Gasteiger partial charge in [0, 0.05) is 36.3 Å². The van der Waals surface area contributed by atoms with Crippen LogP contribution < -0.4 is 10.6 Å². The highest BCUT2D eigenvalue weighted by Crippen LogP contribution is 2.67. The molecule has 3 aliphatic heterocycles. The molecule has 3 saturated heterocycles. The molecule has 3 fully saturated rings. The number of nitrogens with one attached hydrogen (secondary N) is 2. The van der Waals surface area contributed by atoms with E-state index in [1.54, 1.807) is 16.7 Å². The smallest absolute Gasteiger partial charge is 0.244 e. The molecule has 0 saturated carbocycles. The second-order valence-corrected chi connectivity index (χ2v) is 11.3. The van der Waals surface area contributed by atoms with E-state index < -0.39 is 22.6 Å². The molecule has 2 bridgehead atoms. The lowest BCUT2D eigenvalue weighted by Crippen LogP contribution is -2.55. The molecule has 3 rings (SSSR count). The van der Waals surface area contributed by atoms with Crippen LogP contribution in [0.25, 0.3) is 0 Å². The lowest BCUT2D eigenvalue weighted by Gasteiger charge is -2.35. The maximum absolute atomic E-state index is 13.6. The van der Waals surface area contributed by atoms with Crippen molar-refractivity contribution < 1.29 is 19.5 Å². The van der Waals surface area contributed by atoms with Crippen LogP contribution >= 0.6 is 27.7 Å². The van der Waals surface area contributed by atoms with E-state index in [0.717, 1.165) is 19.3 Å². The zero-order valence-electron chi connectivity index (χ0n) is 17.9. The summed E-state index contributed by atoms with van der Waals surface area (Å²) in [5.41, 5.74) is 0. The number of hydrogen-bond donors (Lipinski definition) is 3. The number of carbonyl (C=O) groups is 3. The van der Waals surface area contributed by atoms with Crippen molar-refractivity contribution in [3.05, 3.63) is 0 Å². The van der Waals surface area contributed by atoms with Gasteiger partial charge in [0.25, 0.3) is 0 Å². The Labute approximate surface area is 191 Å². The van der Waals surface area contributed by atoms with Gasteiger partial charge in [-0.25, -0.2) is 0 Å². The summed E-state index contributed by atoms with van der Waals surface area (Å²) >= 11 is 5.42. The van der Waals surface area contributed by atoms with Crippen LogP contribution in [0.1, 0.15) is 52.4 Å². The lowest BCUT2D eigenvalue weighted by molar-refractivity contribution is -0.140. The fraction of sp³-hybridized carbons (Fsp3) is 0.857. The second-order valence-electron chi connectivity index (χ2n) is 8.56. The van der Waals surface area contributed by atoms with Gasteiger partial charge >= 0.3 is 0 Å². The van der Waals surface area contributed by atoms with Crippen LogP contribution in [0.5, 0.6) is 0 Å². The third-order valence-corrected chi connectivity index (χ3v) is 9.75. The number of aliphatic hydroxyl groups excluding tert-OH is 1. The molecule has 3 amide bonds. The molecule has 6 atom stereocenters. The number of thioether (sulfide) groups is 1. The van der Waals surface area contributed by atoms with Crippen molar-refractivity contribution in [2.75, 3.05) is 26.2 Å². The first-order valence-electron chi connectivity index (χ1n) is 11.2. The first kappa shape index (κ1) is 23.9. The number of amides is 3. The van der Waals surface area contributed by atoms with Crippen LogP contribution in [0.15, 0.2) is 0 Å². The van der Waals surface area contributed by atoms with Crippen molar-refractivity contribution in [2.45, 2.75) is 73.2 Å². The highest BCUT2D eigenvalue weighted by molar-refractivity contribution is 9.09. The molecule has 7 nitrogen and oxygen atoms in total. The third-order valence-electron chi connectivity index (χ3n) is 6.53. The molecule has 0 aromatic heterocycles. The van der Waals surface area contributed by atoms with Crippen molar-refractivity contribution in [2.24, 2.45) is 11.8 Å². The molecular weight excluding hydrogens is 470 g/mol.